The average Bonchev–Trinajstić information content (AvgIpc) is 2.60. The molecule has 0 aromatic carbocycles. The molecule has 0 saturated heterocycles. The molecule has 0 bridgehead atoms. The number of carbonyl (C=O) groups is 5. The summed E-state index contributed by atoms with van der Waals surface area (Å²) >= 11 is 1.43. The van der Waals surface area contributed by atoms with Crippen LogP contribution < -0.4 is 27.4 Å². The SMILES string of the molecule is CSCCC(NC(=O)CNC(=O)C(CC(N)=O)NC(=O)C(N)C(C)C)C(=O)O. The highest BCUT2D eigenvalue weighted by molar-refractivity contribution is 7.98. The highest BCUT2D eigenvalue weighted by Gasteiger charge is 2.27. The standard InChI is InChI=1S/C16H29N5O6S/c1-8(2)13(18)15(25)21-10(6-11(17)22)14(24)19-7-12(23)20-9(16(26)27)4-5-28-3/h8-10,13H,4-7,18H2,1-3H3,(H2,17,22)(H,19,24)(H,20,23)(H,21,25)(H,26,27). The van der Waals surface area contributed by atoms with Gasteiger partial charge in [0, 0.05) is 0 Å². The third-order valence-corrected chi connectivity index (χ3v) is 4.37. The second kappa shape index (κ2) is 12.9. The van der Waals surface area contributed by atoms with Crippen LogP contribution in [-0.2, 0) is 24.0 Å². The molecule has 28 heavy (non-hydrogen) atoms. The summed E-state index contributed by atoms with van der Waals surface area (Å²) in [4.78, 5) is 58.4. The summed E-state index contributed by atoms with van der Waals surface area (Å²) in [5.74, 6) is -3.84. The number of hydrogen-bond donors (Lipinski definition) is 6. The maximum absolute atomic E-state index is 12.2. The van der Waals surface area contributed by atoms with Crippen LogP contribution in [0.4, 0.5) is 0 Å². The number of carbonyl (C=O) groups excluding carboxylic acids is 4. The van der Waals surface area contributed by atoms with E-state index in [2.05, 4.69) is 16.0 Å². The van der Waals surface area contributed by atoms with Gasteiger partial charge in [-0.25, -0.2) is 4.79 Å². The molecule has 0 radical (unpaired) electrons. The molecule has 8 N–H and O–H groups in total. The Balaban J connectivity index is 4.80. The van der Waals surface area contributed by atoms with Gasteiger partial charge in [-0.05, 0) is 24.3 Å². The second-order valence-corrected chi connectivity index (χ2v) is 7.44. The Morgan fingerprint density at radius 2 is 1.64 bits per heavy atom. The third-order valence-electron chi connectivity index (χ3n) is 3.73. The van der Waals surface area contributed by atoms with Gasteiger partial charge in [0.1, 0.15) is 12.1 Å². The minimum absolute atomic E-state index is 0.197. The van der Waals surface area contributed by atoms with Crippen molar-refractivity contribution in [2.75, 3.05) is 18.6 Å². The van der Waals surface area contributed by atoms with Gasteiger partial charge >= 0.3 is 5.97 Å². The Morgan fingerprint density at radius 1 is 1.04 bits per heavy atom. The van der Waals surface area contributed by atoms with Gasteiger partial charge in [-0.15, -0.1) is 0 Å². The zero-order chi connectivity index (χ0) is 21.9. The highest BCUT2D eigenvalue weighted by Crippen LogP contribution is 2.02. The molecule has 0 aliphatic heterocycles. The first-order chi connectivity index (χ1) is 13.0. The molecular weight excluding hydrogens is 390 g/mol. The van der Waals surface area contributed by atoms with E-state index in [0.29, 0.717) is 5.75 Å². The lowest BCUT2D eigenvalue weighted by Gasteiger charge is -2.21. The van der Waals surface area contributed by atoms with E-state index >= 15 is 0 Å². The number of thioether (sulfide) groups is 1. The van der Waals surface area contributed by atoms with Crippen LogP contribution in [0.15, 0.2) is 0 Å². The number of primary amides is 1. The minimum Gasteiger partial charge on any atom is -0.480 e. The normalized spacial score (nSPS) is 13.9. The van der Waals surface area contributed by atoms with Crippen LogP contribution in [-0.4, -0.2) is 71.4 Å². The van der Waals surface area contributed by atoms with Crippen LogP contribution in [0.5, 0.6) is 0 Å². The van der Waals surface area contributed by atoms with Crippen molar-refractivity contribution in [1.82, 2.24) is 16.0 Å². The van der Waals surface area contributed by atoms with Crippen LogP contribution in [0.3, 0.4) is 0 Å². The van der Waals surface area contributed by atoms with E-state index in [-0.39, 0.29) is 12.3 Å². The van der Waals surface area contributed by atoms with Gasteiger partial charge in [0.25, 0.3) is 0 Å². The molecule has 0 heterocycles. The lowest BCUT2D eigenvalue weighted by atomic mass is 10.0. The molecule has 11 nitrogen and oxygen atoms in total. The molecule has 4 amide bonds. The fraction of sp³-hybridized carbons (Fsp3) is 0.688. The summed E-state index contributed by atoms with van der Waals surface area (Å²) in [6.07, 6.45) is 1.55. The molecule has 160 valence electrons. The Hall–Kier alpha value is -2.34. The number of aliphatic carboxylic acids is 1. The molecule has 0 fully saturated rings. The molecule has 0 aliphatic rings. The van der Waals surface area contributed by atoms with E-state index in [9.17, 15) is 24.0 Å². The second-order valence-electron chi connectivity index (χ2n) is 6.46. The van der Waals surface area contributed by atoms with Crippen LogP contribution in [0.2, 0.25) is 0 Å². The van der Waals surface area contributed by atoms with E-state index in [4.69, 9.17) is 16.6 Å². The largest absolute Gasteiger partial charge is 0.480 e. The molecule has 3 unspecified atom stereocenters. The summed E-state index contributed by atoms with van der Waals surface area (Å²) in [5, 5.41) is 16.0. The predicted molar refractivity (Wildman–Crippen MR) is 104 cm³/mol. The first-order valence-electron chi connectivity index (χ1n) is 8.62. The van der Waals surface area contributed by atoms with E-state index in [1.165, 1.54) is 11.8 Å². The zero-order valence-electron chi connectivity index (χ0n) is 16.2. The summed E-state index contributed by atoms with van der Waals surface area (Å²) in [7, 11) is 0. The van der Waals surface area contributed by atoms with Crippen LogP contribution in [0.25, 0.3) is 0 Å². The predicted octanol–water partition coefficient (Wildman–Crippen LogP) is -2.23. The van der Waals surface area contributed by atoms with Crippen LogP contribution in [0.1, 0.15) is 26.7 Å². The van der Waals surface area contributed by atoms with Crippen molar-refractivity contribution < 1.29 is 29.1 Å². The molecule has 0 aromatic heterocycles. The molecule has 0 spiro atoms. The Kier molecular flexibility index (Phi) is 11.9. The van der Waals surface area contributed by atoms with Gasteiger partial charge < -0.3 is 32.5 Å². The number of hydrogen-bond acceptors (Lipinski definition) is 7. The first kappa shape index (κ1) is 25.7. The van der Waals surface area contributed by atoms with Gasteiger partial charge in [-0.2, -0.15) is 11.8 Å². The number of carboxylic acids is 1. The van der Waals surface area contributed by atoms with E-state index in [1.54, 1.807) is 20.1 Å². The van der Waals surface area contributed by atoms with Crippen LogP contribution >= 0.6 is 11.8 Å². The molecule has 3 atom stereocenters. The maximum atomic E-state index is 12.2. The zero-order valence-corrected chi connectivity index (χ0v) is 17.0. The third kappa shape index (κ3) is 10.1. The Bertz CT molecular complexity index is 586. The summed E-state index contributed by atoms with van der Waals surface area (Å²) in [6.45, 7) is 2.91. The van der Waals surface area contributed by atoms with Crippen molar-refractivity contribution in [2.24, 2.45) is 17.4 Å². The fourth-order valence-corrected chi connectivity index (χ4v) is 2.48. The lowest BCUT2D eigenvalue weighted by molar-refractivity contribution is -0.141. The number of amides is 4. The number of nitrogens with two attached hydrogens (primary N) is 2. The van der Waals surface area contributed by atoms with Crippen LogP contribution in [0, 0.1) is 5.92 Å². The van der Waals surface area contributed by atoms with Gasteiger partial charge in [-0.3, -0.25) is 19.2 Å². The van der Waals surface area contributed by atoms with Gasteiger partial charge in [0.15, 0.2) is 0 Å². The summed E-state index contributed by atoms with van der Waals surface area (Å²) in [6, 6.07) is -3.27. The first-order valence-corrected chi connectivity index (χ1v) is 10.0. The molecular formula is C16H29N5O6S. The lowest BCUT2D eigenvalue weighted by Crippen LogP contribution is -2.55. The number of nitrogens with one attached hydrogen (secondary N) is 3. The highest BCUT2D eigenvalue weighted by atomic mass is 32.2. The molecule has 0 aromatic rings. The topological polar surface area (TPSA) is 194 Å². The number of rotatable bonds is 13. The maximum Gasteiger partial charge on any atom is 0.326 e. The Labute approximate surface area is 167 Å². The quantitative estimate of drug-likeness (QED) is 0.193. The molecule has 0 aliphatic carbocycles. The van der Waals surface area contributed by atoms with Crippen molar-refractivity contribution in [1.29, 1.82) is 0 Å². The summed E-state index contributed by atoms with van der Waals surface area (Å²) < 4.78 is 0. The number of carboxylic acid groups (broad SMARTS) is 1. The minimum atomic E-state index is -1.30. The van der Waals surface area contributed by atoms with Crippen molar-refractivity contribution in [2.45, 2.75) is 44.8 Å². The van der Waals surface area contributed by atoms with Crippen molar-refractivity contribution in [3.8, 4) is 0 Å². The van der Waals surface area contributed by atoms with Crippen molar-refractivity contribution in [3.05, 3.63) is 0 Å². The fourth-order valence-electron chi connectivity index (χ4n) is 2.01. The molecule has 12 heteroatoms. The van der Waals surface area contributed by atoms with E-state index in [0.717, 1.165) is 0 Å². The smallest absolute Gasteiger partial charge is 0.326 e. The molecule has 0 rings (SSSR count). The monoisotopic (exact) mass is 419 g/mol. The van der Waals surface area contributed by atoms with Gasteiger partial charge in [0.05, 0.1) is 19.0 Å². The molecule has 0 saturated carbocycles. The van der Waals surface area contributed by atoms with E-state index in [1.807, 2.05) is 0 Å². The Morgan fingerprint density at radius 3 is 2.11 bits per heavy atom. The van der Waals surface area contributed by atoms with Gasteiger partial charge in [-0.1, -0.05) is 13.8 Å². The van der Waals surface area contributed by atoms with E-state index < -0.39 is 60.7 Å². The van der Waals surface area contributed by atoms with Crippen molar-refractivity contribution in [3.63, 3.8) is 0 Å². The van der Waals surface area contributed by atoms with Gasteiger partial charge in [0.2, 0.25) is 23.6 Å². The van der Waals surface area contributed by atoms with Crippen molar-refractivity contribution >= 4 is 41.4 Å². The average molecular weight is 420 g/mol. The summed E-state index contributed by atoms with van der Waals surface area (Å²) in [5.41, 5.74) is 10.8.